The standard InChI is InChI=1S/C30H39N3O3/c1-2-24-18-19-33(20-27(24)35-22-23-12-6-3-7-13-23)21-28-31-29(32-36-28)30(34,25-14-8-4-9-15-25)26-16-10-5-11-17-26/h3-4,6-9,12-15,24,26-27,34H,2,5,10-11,16-22H2,1H3. The molecule has 3 aromatic rings. The summed E-state index contributed by atoms with van der Waals surface area (Å²) in [6.07, 6.45) is 7.80. The number of hydrogen-bond donors (Lipinski definition) is 1. The van der Waals surface area contributed by atoms with Crippen LogP contribution in [0.2, 0.25) is 0 Å². The van der Waals surface area contributed by atoms with E-state index in [0.717, 1.165) is 57.2 Å². The Labute approximate surface area is 214 Å². The van der Waals surface area contributed by atoms with Crippen LogP contribution in [0.4, 0.5) is 0 Å². The molecule has 2 aromatic carbocycles. The highest BCUT2D eigenvalue weighted by atomic mass is 16.5. The first-order valence-electron chi connectivity index (χ1n) is 13.7. The van der Waals surface area contributed by atoms with Crippen molar-refractivity contribution < 1.29 is 14.4 Å². The van der Waals surface area contributed by atoms with E-state index >= 15 is 0 Å². The normalized spacial score (nSPS) is 23.4. The van der Waals surface area contributed by atoms with Gasteiger partial charge in [0.15, 0.2) is 5.60 Å². The van der Waals surface area contributed by atoms with Gasteiger partial charge in [-0.1, -0.05) is 98.4 Å². The van der Waals surface area contributed by atoms with Crippen molar-refractivity contribution in [3.05, 3.63) is 83.5 Å². The van der Waals surface area contributed by atoms with Gasteiger partial charge in [-0.05, 0) is 48.8 Å². The Hall–Kier alpha value is -2.54. The largest absolute Gasteiger partial charge is 0.377 e. The molecule has 1 aliphatic heterocycles. The number of aliphatic hydroxyl groups is 1. The van der Waals surface area contributed by atoms with Gasteiger partial charge in [0.1, 0.15) is 0 Å². The highest BCUT2D eigenvalue weighted by Crippen LogP contribution is 2.43. The maximum Gasteiger partial charge on any atom is 0.240 e. The summed E-state index contributed by atoms with van der Waals surface area (Å²) >= 11 is 0. The van der Waals surface area contributed by atoms with E-state index < -0.39 is 5.60 Å². The molecule has 2 heterocycles. The van der Waals surface area contributed by atoms with Gasteiger partial charge >= 0.3 is 0 Å². The van der Waals surface area contributed by atoms with Gasteiger partial charge in [0.25, 0.3) is 0 Å². The Morgan fingerprint density at radius 2 is 1.72 bits per heavy atom. The van der Waals surface area contributed by atoms with Gasteiger partial charge in [-0.2, -0.15) is 4.98 Å². The first-order chi connectivity index (χ1) is 17.7. The van der Waals surface area contributed by atoms with Gasteiger partial charge < -0.3 is 14.4 Å². The molecule has 0 spiro atoms. The molecule has 1 aliphatic carbocycles. The van der Waals surface area contributed by atoms with Gasteiger partial charge in [0, 0.05) is 6.54 Å². The topological polar surface area (TPSA) is 71.6 Å². The van der Waals surface area contributed by atoms with E-state index in [4.69, 9.17) is 14.2 Å². The van der Waals surface area contributed by atoms with Crippen LogP contribution in [-0.4, -0.2) is 39.3 Å². The van der Waals surface area contributed by atoms with Crippen molar-refractivity contribution in [3.8, 4) is 0 Å². The molecule has 36 heavy (non-hydrogen) atoms. The fraction of sp³-hybridized carbons (Fsp3) is 0.533. The van der Waals surface area contributed by atoms with E-state index in [2.05, 4.69) is 41.2 Å². The summed E-state index contributed by atoms with van der Waals surface area (Å²) in [5, 5.41) is 16.4. The third-order valence-corrected chi connectivity index (χ3v) is 8.19. The van der Waals surface area contributed by atoms with Crippen molar-refractivity contribution in [2.24, 2.45) is 11.8 Å². The predicted octanol–water partition coefficient (Wildman–Crippen LogP) is 5.70. The molecule has 1 N–H and O–H groups in total. The van der Waals surface area contributed by atoms with Crippen LogP contribution in [0.1, 0.15) is 74.7 Å². The van der Waals surface area contributed by atoms with E-state index in [-0.39, 0.29) is 12.0 Å². The van der Waals surface area contributed by atoms with Gasteiger partial charge in [-0.15, -0.1) is 0 Å². The lowest BCUT2D eigenvalue weighted by Crippen LogP contribution is -2.44. The molecule has 0 amide bonds. The average Bonchev–Trinajstić information content (AvgIpc) is 3.42. The molecule has 6 heteroatoms. The number of aromatic nitrogens is 2. The first-order valence-corrected chi connectivity index (χ1v) is 13.7. The Morgan fingerprint density at radius 1 is 1.00 bits per heavy atom. The zero-order valence-electron chi connectivity index (χ0n) is 21.4. The lowest BCUT2D eigenvalue weighted by molar-refractivity contribution is -0.0509. The predicted molar refractivity (Wildman–Crippen MR) is 139 cm³/mol. The summed E-state index contributed by atoms with van der Waals surface area (Å²) in [5.74, 6) is 1.61. The van der Waals surface area contributed by atoms with E-state index in [1.54, 1.807) is 0 Å². The summed E-state index contributed by atoms with van der Waals surface area (Å²) in [6.45, 7) is 5.27. The lowest BCUT2D eigenvalue weighted by Gasteiger charge is -2.37. The Balaban J connectivity index is 1.29. The molecule has 1 aromatic heterocycles. The fourth-order valence-electron chi connectivity index (χ4n) is 6.03. The van der Waals surface area contributed by atoms with Crippen LogP contribution in [0.3, 0.4) is 0 Å². The quantitative estimate of drug-likeness (QED) is 0.416. The minimum absolute atomic E-state index is 0.0927. The summed E-state index contributed by atoms with van der Waals surface area (Å²) in [5.41, 5.74) is 0.830. The third kappa shape index (κ3) is 5.56. The molecule has 0 bridgehead atoms. The molecule has 6 nitrogen and oxygen atoms in total. The molecule has 2 fully saturated rings. The van der Waals surface area contributed by atoms with Gasteiger partial charge in [0.2, 0.25) is 11.7 Å². The second-order valence-corrected chi connectivity index (χ2v) is 10.5. The Bertz CT molecular complexity index is 1070. The number of rotatable bonds is 9. The Morgan fingerprint density at radius 3 is 2.44 bits per heavy atom. The molecular formula is C30H39N3O3. The van der Waals surface area contributed by atoms with Crippen LogP contribution in [0, 0.1) is 11.8 Å². The van der Waals surface area contributed by atoms with Gasteiger partial charge in [0.05, 0.1) is 19.3 Å². The van der Waals surface area contributed by atoms with Crippen LogP contribution in [0.5, 0.6) is 0 Å². The van der Waals surface area contributed by atoms with E-state index in [1.807, 2.05) is 36.4 Å². The molecule has 3 atom stereocenters. The van der Waals surface area contributed by atoms with Crippen LogP contribution in [-0.2, 0) is 23.5 Å². The number of hydrogen-bond acceptors (Lipinski definition) is 6. The van der Waals surface area contributed by atoms with E-state index in [0.29, 0.717) is 30.8 Å². The minimum Gasteiger partial charge on any atom is -0.377 e. The highest BCUT2D eigenvalue weighted by molar-refractivity contribution is 5.30. The monoisotopic (exact) mass is 489 g/mol. The summed E-state index contributed by atoms with van der Waals surface area (Å²) in [6, 6.07) is 20.2. The fourth-order valence-corrected chi connectivity index (χ4v) is 6.03. The van der Waals surface area contributed by atoms with Crippen LogP contribution in [0.25, 0.3) is 0 Å². The van der Waals surface area contributed by atoms with Crippen molar-refractivity contribution in [1.29, 1.82) is 0 Å². The third-order valence-electron chi connectivity index (χ3n) is 8.19. The molecular weight excluding hydrogens is 450 g/mol. The van der Waals surface area contributed by atoms with Crippen molar-refractivity contribution in [1.82, 2.24) is 15.0 Å². The number of ether oxygens (including phenoxy) is 1. The van der Waals surface area contributed by atoms with E-state index in [1.165, 1.54) is 12.0 Å². The van der Waals surface area contributed by atoms with Crippen molar-refractivity contribution >= 4 is 0 Å². The van der Waals surface area contributed by atoms with Crippen molar-refractivity contribution in [3.63, 3.8) is 0 Å². The molecule has 0 radical (unpaired) electrons. The van der Waals surface area contributed by atoms with Crippen molar-refractivity contribution in [2.75, 3.05) is 13.1 Å². The zero-order valence-corrected chi connectivity index (χ0v) is 21.4. The molecule has 1 saturated carbocycles. The second-order valence-electron chi connectivity index (χ2n) is 10.5. The first kappa shape index (κ1) is 25.1. The maximum atomic E-state index is 12.1. The molecule has 2 aliphatic rings. The molecule has 5 rings (SSSR count). The molecule has 192 valence electrons. The summed E-state index contributed by atoms with van der Waals surface area (Å²) < 4.78 is 12.1. The smallest absolute Gasteiger partial charge is 0.240 e. The number of benzene rings is 2. The average molecular weight is 490 g/mol. The second kappa shape index (κ2) is 11.7. The SMILES string of the molecule is CCC1CCN(Cc2nc(C(O)(c3ccccc3)C3CCCCC3)no2)CC1OCc1ccccc1. The molecule has 3 unspecified atom stereocenters. The highest BCUT2D eigenvalue weighted by Gasteiger charge is 2.44. The van der Waals surface area contributed by atoms with Gasteiger partial charge in [-0.25, -0.2) is 0 Å². The van der Waals surface area contributed by atoms with Crippen LogP contribution in [0.15, 0.2) is 65.2 Å². The summed E-state index contributed by atoms with van der Waals surface area (Å²) in [4.78, 5) is 7.12. The summed E-state index contributed by atoms with van der Waals surface area (Å²) in [7, 11) is 0. The maximum absolute atomic E-state index is 12.1. The number of piperidine rings is 1. The zero-order chi connectivity index (χ0) is 24.8. The van der Waals surface area contributed by atoms with Crippen molar-refractivity contribution in [2.45, 2.75) is 76.7 Å². The molecule has 1 saturated heterocycles. The number of nitrogens with zero attached hydrogens (tertiary/aromatic N) is 3. The number of likely N-dealkylation sites (tertiary alicyclic amines) is 1. The lowest BCUT2D eigenvalue weighted by atomic mass is 9.73. The minimum atomic E-state index is -1.22. The van der Waals surface area contributed by atoms with E-state index in [9.17, 15) is 5.11 Å². The van der Waals surface area contributed by atoms with Crippen LogP contribution < -0.4 is 0 Å². The van der Waals surface area contributed by atoms with Crippen LogP contribution >= 0.6 is 0 Å². The van der Waals surface area contributed by atoms with Gasteiger partial charge in [-0.3, -0.25) is 4.90 Å². The Kier molecular flexibility index (Phi) is 8.15.